The van der Waals surface area contributed by atoms with E-state index in [9.17, 15) is 8.42 Å². The molecule has 1 N–H and O–H groups in total. The summed E-state index contributed by atoms with van der Waals surface area (Å²) in [7, 11) is -3.07. The van der Waals surface area contributed by atoms with E-state index in [0.29, 0.717) is 6.54 Å². The zero-order valence-electron chi connectivity index (χ0n) is 11.2. The molecule has 0 aromatic heterocycles. The molecule has 0 aliphatic heterocycles. The van der Waals surface area contributed by atoms with Gasteiger partial charge in [0.15, 0.2) is 9.84 Å². The first-order valence-electron chi connectivity index (χ1n) is 5.86. The van der Waals surface area contributed by atoms with Gasteiger partial charge in [0, 0.05) is 16.7 Å². The van der Waals surface area contributed by atoms with E-state index in [2.05, 4.69) is 21.2 Å². The molecule has 0 radical (unpaired) electrons. The highest BCUT2D eigenvalue weighted by atomic mass is 79.9. The average molecular weight is 334 g/mol. The van der Waals surface area contributed by atoms with Crippen LogP contribution in [0.3, 0.4) is 0 Å². The summed E-state index contributed by atoms with van der Waals surface area (Å²) in [6.45, 7) is 7.60. The van der Waals surface area contributed by atoms with Gasteiger partial charge in [-0.05, 0) is 61.3 Å². The van der Waals surface area contributed by atoms with Crippen LogP contribution in [0.15, 0.2) is 22.7 Å². The van der Waals surface area contributed by atoms with Crippen LogP contribution >= 0.6 is 15.9 Å². The first kappa shape index (κ1) is 15.5. The highest BCUT2D eigenvalue weighted by Gasteiger charge is 2.28. The molecule has 0 amide bonds. The minimum absolute atomic E-state index is 0.136. The van der Waals surface area contributed by atoms with Crippen molar-refractivity contribution in [2.75, 3.05) is 17.6 Å². The third-order valence-electron chi connectivity index (χ3n) is 2.74. The minimum atomic E-state index is -3.07. The maximum atomic E-state index is 11.9. The van der Waals surface area contributed by atoms with E-state index in [1.54, 1.807) is 20.8 Å². The summed E-state index contributed by atoms with van der Waals surface area (Å²) in [5, 5.41) is 3.16. The van der Waals surface area contributed by atoms with Gasteiger partial charge in [-0.1, -0.05) is 6.07 Å². The van der Waals surface area contributed by atoms with E-state index in [1.165, 1.54) is 0 Å². The number of rotatable bonds is 4. The summed E-state index contributed by atoms with van der Waals surface area (Å²) >= 11 is 3.44. The lowest BCUT2D eigenvalue weighted by Crippen LogP contribution is -2.32. The quantitative estimate of drug-likeness (QED) is 0.918. The second-order valence-electron chi connectivity index (χ2n) is 5.34. The molecule has 0 aliphatic rings. The second kappa shape index (κ2) is 5.61. The molecule has 1 rings (SSSR count). The van der Waals surface area contributed by atoms with Crippen molar-refractivity contribution in [3.05, 3.63) is 28.2 Å². The maximum Gasteiger partial charge on any atom is 0.156 e. The molecule has 0 spiro atoms. The van der Waals surface area contributed by atoms with E-state index in [0.717, 1.165) is 15.7 Å². The lowest BCUT2D eigenvalue weighted by Gasteiger charge is -2.19. The molecule has 0 unspecified atom stereocenters. The summed E-state index contributed by atoms with van der Waals surface area (Å²) in [4.78, 5) is 0. The van der Waals surface area contributed by atoms with Crippen LogP contribution in [-0.4, -0.2) is 25.5 Å². The van der Waals surface area contributed by atoms with Gasteiger partial charge in [-0.2, -0.15) is 0 Å². The SMILES string of the molecule is Cc1ccc(Br)c(NCCS(=O)(=O)C(C)(C)C)c1. The summed E-state index contributed by atoms with van der Waals surface area (Å²) in [5.74, 6) is 0.136. The molecule has 102 valence electrons. The van der Waals surface area contributed by atoms with Gasteiger partial charge in [0.2, 0.25) is 0 Å². The predicted octanol–water partition coefficient (Wildman–Crippen LogP) is 3.38. The fourth-order valence-electron chi connectivity index (χ4n) is 1.40. The van der Waals surface area contributed by atoms with Crippen molar-refractivity contribution in [2.45, 2.75) is 32.4 Å². The van der Waals surface area contributed by atoms with E-state index in [-0.39, 0.29) is 5.75 Å². The molecule has 0 heterocycles. The van der Waals surface area contributed by atoms with Crippen LogP contribution in [0.1, 0.15) is 26.3 Å². The molecule has 0 aliphatic carbocycles. The molecule has 1 aromatic carbocycles. The molecule has 0 fully saturated rings. The first-order valence-corrected chi connectivity index (χ1v) is 8.30. The molecule has 5 heteroatoms. The number of sulfone groups is 1. The standard InChI is InChI=1S/C13H20BrNO2S/c1-10-5-6-11(14)12(9-10)15-7-8-18(16,17)13(2,3)4/h5-6,9,15H,7-8H2,1-4H3. The number of anilines is 1. The van der Waals surface area contributed by atoms with Crippen molar-refractivity contribution in [3.8, 4) is 0 Å². The highest BCUT2D eigenvalue weighted by molar-refractivity contribution is 9.10. The van der Waals surface area contributed by atoms with Crippen molar-refractivity contribution >= 4 is 31.5 Å². The van der Waals surface area contributed by atoms with Crippen LogP contribution in [0.25, 0.3) is 0 Å². The lowest BCUT2D eigenvalue weighted by atomic mass is 10.2. The van der Waals surface area contributed by atoms with Gasteiger partial charge in [-0.25, -0.2) is 8.42 Å². The molecule has 18 heavy (non-hydrogen) atoms. The van der Waals surface area contributed by atoms with Gasteiger partial charge in [-0.15, -0.1) is 0 Å². The van der Waals surface area contributed by atoms with Crippen LogP contribution in [0.2, 0.25) is 0 Å². The highest BCUT2D eigenvalue weighted by Crippen LogP contribution is 2.23. The number of nitrogens with one attached hydrogen (secondary N) is 1. The zero-order chi connectivity index (χ0) is 14.0. The van der Waals surface area contributed by atoms with Crippen molar-refractivity contribution in [3.63, 3.8) is 0 Å². The van der Waals surface area contributed by atoms with Crippen molar-refractivity contribution < 1.29 is 8.42 Å². The van der Waals surface area contributed by atoms with E-state index in [4.69, 9.17) is 0 Å². The normalized spacial score (nSPS) is 12.5. The average Bonchev–Trinajstić information content (AvgIpc) is 2.21. The van der Waals surface area contributed by atoms with Crippen LogP contribution in [0.4, 0.5) is 5.69 Å². The Morgan fingerprint density at radius 1 is 1.28 bits per heavy atom. The van der Waals surface area contributed by atoms with Crippen LogP contribution < -0.4 is 5.32 Å². The number of halogens is 1. The van der Waals surface area contributed by atoms with Gasteiger partial charge in [0.05, 0.1) is 10.5 Å². The van der Waals surface area contributed by atoms with Gasteiger partial charge < -0.3 is 5.32 Å². The Bertz CT molecular complexity index is 518. The maximum absolute atomic E-state index is 11.9. The molecule has 0 bridgehead atoms. The molecule has 1 aromatic rings. The van der Waals surface area contributed by atoms with Gasteiger partial charge in [0.25, 0.3) is 0 Å². The Morgan fingerprint density at radius 3 is 2.44 bits per heavy atom. The predicted molar refractivity (Wildman–Crippen MR) is 80.9 cm³/mol. The van der Waals surface area contributed by atoms with E-state index >= 15 is 0 Å². The minimum Gasteiger partial charge on any atom is -0.383 e. The van der Waals surface area contributed by atoms with E-state index in [1.807, 2.05) is 25.1 Å². The van der Waals surface area contributed by atoms with E-state index < -0.39 is 14.6 Å². The summed E-state index contributed by atoms with van der Waals surface area (Å²) < 4.78 is 24.1. The second-order valence-corrected chi connectivity index (χ2v) is 9.06. The first-order chi connectivity index (χ1) is 8.13. The Labute approximate surface area is 118 Å². The molecular weight excluding hydrogens is 314 g/mol. The molecule has 3 nitrogen and oxygen atoms in total. The third kappa shape index (κ3) is 3.99. The Balaban J connectivity index is 2.65. The Hall–Kier alpha value is -0.550. The Morgan fingerprint density at radius 2 is 1.89 bits per heavy atom. The summed E-state index contributed by atoms with van der Waals surface area (Å²) in [5.41, 5.74) is 2.07. The topological polar surface area (TPSA) is 46.2 Å². The third-order valence-corrected chi connectivity index (χ3v) is 6.04. The fourth-order valence-corrected chi connectivity index (χ4v) is 2.77. The summed E-state index contributed by atoms with van der Waals surface area (Å²) in [6, 6.07) is 5.95. The molecule has 0 atom stereocenters. The zero-order valence-corrected chi connectivity index (χ0v) is 13.7. The smallest absolute Gasteiger partial charge is 0.156 e. The lowest BCUT2D eigenvalue weighted by molar-refractivity contribution is 0.560. The van der Waals surface area contributed by atoms with Gasteiger partial charge in [0.1, 0.15) is 0 Å². The molecule has 0 saturated heterocycles. The van der Waals surface area contributed by atoms with Crippen molar-refractivity contribution in [1.29, 1.82) is 0 Å². The fraction of sp³-hybridized carbons (Fsp3) is 0.538. The van der Waals surface area contributed by atoms with Crippen LogP contribution in [0, 0.1) is 6.92 Å². The van der Waals surface area contributed by atoms with Gasteiger partial charge >= 0.3 is 0 Å². The van der Waals surface area contributed by atoms with Gasteiger partial charge in [-0.3, -0.25) is 0 Å². The number of aryl methyl sites for hydroxylation is 1. The number of hydrogen-bond donors (Lipinski definition) is 1. The van der Waals surface area contributed by atoms with Crippen molar-refractivity contribution in [1.82, 2.24) is 0 Å². The van der Waals surface area contributed by atoms with Crippen LogP contribution in [0.5, 0.6) is 0 Å². The molecule has 0 saturated carbocycles. The summed E-state index contributed by atoms with van der Waals surface area (Å²) in [6.07, 6.45) is 0. The number of benzene rings is 1. The van der Waals surface area contributed by atoms with Crippen molar-refractivity contribution in [2.24, 2.45) is 0 Å². The number of hydrogen-bond acceptors (Lipinski definition) is 3. The molecular formula is C13H20BrNO2S. The largest absolute Gasteiger partial charge is 0.383 e. The van der Waals surface area contributed by atoms with Crippen LogP contribution in [-0.2, 0) is 9.84 Å². The monoisotopic (exact) mass is 333 g/mol. The Kier molecular flexibility index (Phi) is 4.84.